The third-order valence-electron chi connectivity index (χ3n) is 6.74. The quantitative estimate of drug-likeness (QED) is 0.355. The van der Waals surface area contributed by atoms with Gasteiger partial charge >= 0.3 is 6.09 Å². The number of halogens is 1. The Morgan fingerprint density at radius 1 is 1.18 bits per heavy atom. The third kappa shape index (κ3) is 5.46. The summed E-state index contributed by atoms with van der Waals surface area (Å²) < 4.78 is 22.2. The normalized spacial score (nSPS) is 15.7. The molecule has 2 aromatic carbocycles. The number of nitrogens with one attached hydrogen (secondary N) is 1. The van der Waals surface area contributed by atoms with Crippen molar-refractivity contribution in [2.45, 2.75) is 13.0 Å². The number of aromatic nitrogens is 4. The highest BCUT2D eigenvalue weighted by atomic mass is 19.1. The number of benzene rings is 2. The molecule has 0 aliphatic carbocycles. The van der Waals surface area contributed by atoms with Gasteiger partial charge in [0, 0.05) is 62.1 Å². The van der Waals surface area contributed by atoms with Gasteiger partial charge in [-0.05, 0) is 50.4 Å². The first-order valence-electron chi connectivity index (χ1n) is 12.4. The maximum absolute atomic E-state index is 15.1. The van der Waals surface area contributed by atoms with Crippen LogP contribution < -0.4 is 19.9 Å². The Kier molecular flexibility index (Phi) is 7.28. The highest BCUT2D eigenvalue weighted by Gasteiger charge is 2.25. The number of hydrogen-bond donors (Lipinski definition) is 2. The fraction of sp³-hybridized carbons (Fsp3) is 0.259. The van der Waals surface area contributed by atoms with Crippen LogP contribution in [0, 0.1) is 5.82 Å². The minimum absolute atomic E-state index is 0.0913. The van der Waals surface area contributed by atoms with E-state index in [0.29, 0.717) is 28.9 Å². The number of rotatable bonds is 7. The molecule has 1 unspecified atom stereocenters. The largest absolute Gasteiger partial charge is 0.494 e. The van der Waals surface area contributed by atoms with Crippen LogP contribution in [0.4, 0.5) is 38.0 Å². The Balaban J connectivity index is 1.39. The number of amides is 1. The zero-order valence-corrected chi connectivity index (χ0v) is 21.8. The minimum atomic E-state index is -1.26. The van der Waals surface area contributed by atoms with E-state index in [0.717, 1.165) is 24.5 Å². The van der Waals surface area contributed by atoms with Gasteiger partial charge in [-0.1, -0.05) is 0 Å². The smallest absolute Gasteiger partial charge is 0.417 e. The molecule has 39 heavy (non-hydrogen) atoms. The van der Waals surface area contributed by atoms with Gasteiger partial charge in [-0.15, -0.1) is 0 Å². The van der Waals surface area contributed by atoms with E-state index in [9.17, 15) is 9.90 Å². The first kappa shape index (κ1) is 25.9. The molecule has 0 radical (unpaired) electrons. The predicted molar refractivity (Wildman–Crippen MR) is 146 cm³/mol. The van der Waals surface area contributed by atoms with Crippen LogP contribution in [0.5, 0.6) is 5.75 Å². The molecule has 12 heteroatoms. The molecule has 2 aromatic heterocycles. The van der Waals surface area contributed by atoms with Crippen LogP contribution in [0.2, 0.25) is 0 Å². The second-order valence-corrected chi connectivity index (χ2v) is 9.23. The van der Waals surface area contributed by atoms with Gasteiger partial charge in [-0.2, -0.15) is 10.1 Å². The lowest BCUT2D eigenvalue weighted by Crippen LogP contribution is -2.50. The number of carbonyl (C=O) groups is 1. The van der Waals surface area contributed by atoms with Crippen molar-refractivity contribution in [2.75, 3.05) is 48.9 Å². The summed E-state index contributed by atoms with van der Waals surface area (Å²) in [7, 11) is 3.52. The van der Waals surface area contributed by atoms with E-state index in [2.05, 4.69) is 39.3 Å². The van der Waals surface area contributed by atoms with E-state index in [1.54, 1.807) is 53.5 Å². The molecule has 2 N–H and O–H groups in total. The number of hydrogen-bond acceptors (Lipinski definition) is 8. The molecule has 1 aliphatic heterocycles. The second-order valence-electron chi connectivity index (χ2n) is 9.23. The molecule has 1 amide bonds. The van der Waals surface area contributed by atoms with E-state index in [1.165, 1.54) is 25.4 Å². The summed E-state index contributed by atoms with van der Waals surface area (Å²) in [4.78, 5) is 26.2. The maximum Gasteiger partial charge on any atom is 0.417 e. The van der Waals surface area contributed by atoms with E-state index >= 15 is 4.39 Å². The fourth-order valence-electron chi connectivity index (χ4n) is 4.51. The van der Waals surface area contributed by atoms with Crippen LogP contribution in [0.1, 0.15) is 6.92 Å². The van der Waals surface area contributed by atoms with Gasteiger partial charge in [0.1, 0.15) is 17.4 Å². The molecule has 1 aliphatic rings. The van der Waals surface area contributed by atoms with Gasteiger partial charge in [0.05, 0.1) is 24.2 Å². The van der Waals surface area contributed by atoms with Crippen molar-refractivity contribution in [3.8, 4) is 11.4 Å². The van der Waals surface area contributed by atoms with Crippen molar-refractivity contribution < 1.29 is 19.0 Å². The molecule has 1 atom stereocenters. The summed E-state index contributed by atoms with van der Waals surface area (Å²) in [6.07, 6.45) is 3.58. The number of nitrogens with zero attached hydrogens (tertiary/aromatic N) is 7. The topological polar surface area (TPSA) is 112 Å². The van der Waals surface area contributed by atoms with Gasteiger partial charge in [0.15, 0.2) is 0 Å². The first-order valence-corrected chi connectivity index (χ1v) is 12.4. The summed E-state index contributed by atoms with van der Waals surface area (Å²) in [5, 5.41) is 17.3. The average Bonchev–Trinajstić information content (AvgIpc) is 3.46. The Bertz CT molecular complexity index is 1470. The van der Waals surface area contributed by atoms with Crippen LogP contribution in [0.15, 0.2) is 67.1 Å². The maximum atomic E-state index is 15.1. The Hall–Kier alpha value is -4.71. The van der Waals surface area contributed by atoms with Gasteiger partial charge in [-0.3, -0.25) is 0 Å². The van der Waals surface area contributed by atoms with Gasteiger partial charge in [-0.25, -0.2) is 23.8 Å². The van der Waals surface area contributed by atoms with Crippen molar-refractivity contribution in [1.82, 2.24) is 24.6 Å². The minimum Gasteiger partial charge on any atom is -0.494 e. The number of methoxy groups -OCH3 is 1. The summed E-state index contributed by atoms with van der Waals surface area (Å²) in [5.74, 6) is 0.163. The van der Waals surface area contributed by atoms with Crippen molar-refractivity contribution in [1.29, 1.82) is 0 Å². The standard InChI is InChI=1S/C27H29FN8O3/c1-18-17-34(14-13-33(18)2)22-7-5-19(15-21(22)28)31-26-29-11-9-25(32-26)36(27(37)38)23-8-6-20(16-24(23)39-3)35-12-4-10-30-35/h4-12,15-16,18H,13-14,17H2,1-3H3,(H,37,38)(H,29,31,32). The van der Waals surface area contributed by atoms with Gasteiger partial charge in [0.25, 0.3) is 0 Å². The number of likely N-dealkylation sites (N-methyl/N-ethyl adjacent to an activating group) is 1. The van der Waals surface area contributed by atoms with Crippen LogP contribution >= 0.6 is 0 Å². The second kappa shape index (κ2) is 11.0. The molecular formula is C27H29FN8O3. The van der Waals surface area contributed by atoms with Crippen LogP contribution in [-0.4, -0.2) is 75.7 Å². The van der Waals surface area contributed by atoms with Gasteiger partial charge < -0.3 is 25.0 Å². The predicted octanol–water partition coefficient (Wildman–Crippen LogP) is 4.51. The molecule has 0 saturated carbocycles. The van der Waals surface area contributed by atoms with Crippen LogP contribution in [0.3, 0.4) is 0 Å². The highest BCUT2D eigenvalue weighted by molar-refractivity contribution is 5.95. The lowest BCUT2D eigenvalue weighted by atomic mass is 10.1. The lowest BCUT2D eigenvalue weighted by Gasteiger charge is -2.39. The molecule has 0 spiro atoms. The molecule has 1 fully saturated rings. The van der Waals surface area contributed by atoms with Crippen LogP contribution in [-0.2, 0) is 0 Å². The molecule has 0 bridgehead atoms. The zero-order valence-electron chi connectivity index (χ0n) is 21.8. The Labute approximate surface area is 225 Å². The molecule has 3 heterocycles. The fourth-order valence-corrected chi connectivity index (χ4v) is 4.51. The number of ether oxygens (including phenoxy) is 1. The van der Waals surface area contributed by atoms with E-state index in [-0.39, 0.29) is 23.3 Å². The van der Waals surface area contributed by atoms with E-state index in [4.69, 9.17) is 4.74 Å². The SMILES string of the molecule is COc1cc(-n2cccn2)ccc1N(C(=O)O)c1ccnc(Nc2ccc(N3CCN(C)C(C)C3)c(F)c2)n1. The Morgan fingerprint density at radius 2 is 2.03 bits per heavy atom. The molecule has 11 nitrogen and oxygen atoms in total. The van der Waals surface area contributed by atoms with Crippen molar-refractivity contribution in [2.24, 2.45) is 0 Å². The number of piperazine rings is 1. The summed E-state index contributed by atoms with van der Waals surface area (Å²) in [6.45, 7) is 4.46. The summed E-state index contributed by atoms with van der Waals surface area (Å²) >= 11 is 0. The number of anilines is 5. The van der Waals surface area contributed by atoms with Crippen molar-refractivity contribution in [3.63, 3.8) is 0 Å². The monoisotopic (exact) mass is 532 g/mol. The molecule has 5 rings (SSSR count). The third-order valence-corrected chi connectivity index (χ3v) is 6.74. The highest BCUT2D eigenvalue weighted by Crippen LogP contribution is 2.35. The first-order chi connectivity index (χ1) is 18.8. The van der Waals surface area contributed by atoms with Crippen LogP contribution in [0.25, 0.3) is 5.69 Å². The Morgan fingerprint density at radius 3 is 2.72 bits per heavy atom. The molecule has 1 saturated heterocycles. The summed E-state index contributed by atoms with van der Waals surface area (Å²) in [6, 6.07) is 13.5. The lowest BCUT2D eigenvalue weighted by molar-refractivity contribution is 0.204. The molecule has 4 aromatic rings. The molecular weight excluding hydrogens is 503 g/mol. The molecule has 202 valence electrons. The van der Waals surface area contributed by atoms with E-state index in [1.807, 2.05) is 4.90 Å². The zero-order chi connectivity index (χ0) is 27.5. The average molecular weight is 533 g/mol. The van der Waals surface area contributed by atoms with Crippen molar-refractivity contribution in [3.05, 3.63) is 72.9 Å². The number of carboxylic acid groups (broad SMARTS) is 1. The van der Waals surface area contributed by atoms with Gasteiger partial charge in [0.2, 0.25) is 5.95 Å². The van der Waals surface area contributed by atoms with Crippen molar-refractivity contribution >= 4 is 34.9 Å². The van der Waals surface area contributed by atoms with E-state index < -0.39 is 6.09 Å². The summed E-state index contributed by atoms with van der Waals surface area (Å²) in [5.41, 5.74) is 1.95.